The van der Waals surface area contributed by atoms with Crippen LogP contribution in [0.5, 0.6) is 0 Å². The van der Waals surface area contributed by atoms with E-state index in [4.69, 9.17) is 0 Å². The molecule has 2 rings (SSSR count). The fourth-order valence-electron chi connectivity index (χ4n) is 2.02. The summed E-state index contributed by atoms with van der Waals surface area (Å²) in [5.74, 6) is 0. The first-order valence-corrected chi connectivity index (χ1v) is 5.15. The Balaban J connectivity index is 2.13. The van der Waals surface area contributed by atoms with Crippen LogP contribution in [0.1, 0.15) is 12.1 Å². The minimum Gasteiger partial charge on any atom is -0.368 e. The Morgan fingerprint density at radius 1 is 1.57 bits per heavy atom. The van der Waals surface area contributed by atoms with Crippen molar-refractivity contribution >= 4 is 5.69 Å². The number of pyridine rings is 1. The zero-order valence-corrected chi connectivity index (χ0v) is 8.83. The van der Waals surface area contributed by atoms with E-state index in [0.29, 0.717) is 6.04 Å². The van der Waals surface area contributed by atoms with Crippen molar-refractivity contribution in [1.82, 2.24) is 10.3 Å². The Labute approximate surface area is 85.1 Å². The van der Waals surface area contributed by atoms with Crippen LogP contribution in [0.2, 0.25) is 0 Å². The van der Waals surface area contributed by atoms with Gasteiger partial charge in [0, 0.05) is 25.3 Å². The van der Waals surface area contributed by atoms with Gasteiger partial charge in [-0.05, 0) is 32.5 Å². The number of likely N-dealkylation sites (N-methyl/N-ethyl adjacent to an activating group) is 1. The number of rotatable bonds is 2. The van der Waals surface area contributed by atoms with E-state index >= 15 is 0 Å². The molecule has 76 valence electrons. The van der Waals surface area contributed by atoms with Crippen molar-refractivity contribution in [3.8, 4) is 0 Å². The molecule has 0 saturated carbocycles. The molecule has 0 spiro atoms. The molecule has 1 aromatic heterocycles. The number of aromatic nitrogens is 1. The monoisotopic (exact) mass is 191 g/mol. The summed E-state index contributed by atoms with van der Waals surface area (Å²) in [4.78, 5) is 6.72. The number of anilines is 1. The fraction of sp³-hybridized carbons (Fsp3) is 0.545. The van der Waals surface area contributed by atoms with Crippen molar-refractivity contribution < 1.29 is 0 Å². The Morgan fingerprint density at radius 2 is 2.43 bits per heavy atom. The van der Waals surface area contributed by atoms with Gasteiger partial charge in [-0.3, -0.25) is 4.98 Å². The second-order valence-electron chi connectivity index (χ2n) is 3.83. The SMILES string of the molecule is CNC1CCN(c2cccnc2C)C1. The highest BCUT2D eigenvalue weighted by atomic mass is 15.2. The summed E-state index contributed by atoms with van der Waals surface area (Å²) >= 11 is 0. The highest BCUT2D eigenvalue weighted by molar-refractivity contribution is 5.50. The van der Waals surface area contributed by atoms with Crippen LogP contribution in [0.4, 0.5) is 5.69 Å². The molecule has 1 aromatic rings. The van der Waals surface area contributed by atoms with Crippen molar-refractivity contribution in [3.63, 3.8) is 0 Å². The molecule has 1 aliphatic heterocycles. The molecule has 0 amide bonds. The van der Waals surface area contributed by atoms with Crippen LogP contribution in [0.25, 0.3) is 0 Å². The van der Waals surface area contributed by atoms with Gasteiger partial charge >= 0.3 is 0 Å². The van der Waals surface area contributed by atoms with E-state index in [1.54, 1.807) is 0 Å². The predicted octanol–water partition coefficient (Wildman–Crippen LogP) is 1.19. The zero-order valence-electron chi connectivity index (χ0n) is 8.83. The van der Waals surface area contributed by atoms with E-state index in [2.05, 4.69) is 28.2 Å². The van der Waals surface area contributed by atoms with E-state index in [1.807, 2.05) is 19.3 Å². The molecule has 0 bridgehead atoms. The van der Waals surface area contributed by atoms with Crippen molar-refractivity contribution in [1.29, 1.82) is 0 Å². The summed E-state index contributed by atoms with van der Waals surface area (Å²) in [6.45, 7) is 4.31. The molecule has 2 heterocycles. The quantitative estimate of drug-likeness (QED) is 0.761. The van der Waals surface area contributed by atoms with Crippen molar-refractivity contribution in [2.24, 2.45) is 0 Å². The molecule has 0 aliphatic carbocycles. The first-order valence-electron chi connectivity index (χ1n) is 5.15. The molecular weight excluding hydrogens is 174 g/mol. The summed E-state index contributed by atoms with van der Waals surface area (Å²) < 4.78 is 0. The highest BCUT2D eigenvalue weighted by Crippen LogP contribution is 2.22. The molecular formula is C11H17N3. The Morgan fingerprint density at radius 3 is 3.07 bits per heavy atom. The van der Waals surface area contributed by atoms with Gasteiger partial charge in [-0.25, -0.2) is 0 Å². The molecule has 1 fully saturated rings. The third kappa shape index (κ3) is 1.73. The third-order valence-corrected chi connectivity index (χ3v) is 2.92. The summed E-state index contributed by atoms with van der Waals surface area (Å²) in [5.41, 5.74) is 2.41. The van der Waals surface area contributed by atoms with Gasteiger partial charge in [0.25, 0.3) is 0 Å². The highest BCUT2D eigenvalue weighted by Gasteiger charge is 2.21. The maximum absolute atomic E-state index is 4.31. The minimum atomic E-state index is 0.634. The molecule has 14 heavy (non-hydrogen) atoms. The lowest BCUT2D eigenvalue weighted by Crippen LogP contribution is -2.29. The van der Waals surface area contributed by atoms with Gasteiger partial charge in [0.15, 0.2) is 0 Å². The van der Waals surface area contributed by atoms with Crippen molar-refractivity contribution in [2.75, 3.05) is 25.0 Å². The second kappa shape index (κ2) is 3.96. The van der Waals surface area contributed by atoms with Crippen molar-refractivity contribution in [3.05, 3.63) is 24.0 Å². The first-order chi connectivity index (χ1) is 6.81. The molecule has 1 unspecified atom stereocenters. The van der Waals surface area contributed by atoms with E-state index in [1.165, 1.54) is 12.1 Å². The zero-order chi connectivity index (χ0) is 9.97. The van der Waals surface area contributed by atoms with Crippen molar-refractivity contribution in [2.45, 2.75) is 19.4 Å². The largest absolute Gasteiger partial charge is 0.368 e. The average Bonchev–Trinajstić information content (AvgIpc) is 2.67. The molecule has 0 aromatic carbocycles. The van der Waals surface area contributed by atoms with Crippen LogP contribution in [0.3, 0.4) is 0 Å². The molecule has 3 heteroatoms. The minimum absolute atomic E-state index is 0.634. The van der Waals surface area contributed by atoms with E-state index in [0.717, 1.165) is 18.8 Å². The van der Waals surface area contributed by atoms with Crippen LogP contribution < -0.4 is 10.2 Å². The van der Waals surface area contributed by atoms with Crippen LogP contribution in [-0.4, -0.2) is 31.2 Å². The standard InChI is InChI=1S/C11H17N3/c1-9-11(4-3-6-13-9)14-7-5-10(8-14)12-2/h3-4,6,10,12H,5,7-8H2,1-2H3. The second-order valence-corrected chi connectivity index (χ2v) is 3.83. The van der Waals surface area contributed by atoms with Gasteiger partial charge in [-0.2, -0.15) is 0 Å². The Hall–Kier alpha value is -1.09. The fourth-order valence-corrected chi connectivity index (χ4v) is 2.02. The van der Waals surface area contributed by atoms with Gasteiger partial charge in [-0.1, -0.05) is 0 Å². The van der Waals surface area contributed by atoms with Gasteiger partial charge in [0.1, 0.15) is 0 Å². The van der Waals surface area contributed by atoms with Crippen LogP contribution >= 0.6 is 0 Å². The lowest BCUT2D eigenvalue weighted by molar-refractivity contribution is 0.617. The van der Waals surface area contributed by atoms with Gasteiger partial charge in [-0.15, -0.1) is 0 Å². The maximum atomic E-state index is 4.31. The third-order valence-electron chi connectivity index (χ3n) is 2.92. The molecule has 1 saturated heterocycles. The lowest BCUT2D eigenvalue weighted by atomic mass is 10.3. The summed E-state index contributed by atoms with van der Waals surface area (Å²) in [6.07, 6.45) is 3.08. The first kappa shape index (κ1) is 9.46. The molecule has 1 aliphatic rings. The normalized spacial score (nSPS) is 21.6. The Bertz CT molecular complexity index is 311. The molecule has 1 atom stereocenters. The maximum Gasteiger partial charge on any atom is 0.0605 e. The summed E-state index contributed by atoms with van der Waals surface area (Å²) in [7, 11) is 2.03. The Kier molecular flexibility index (Phi) is 2.68. The van der Waals surface area contributed by atoms with Gasteiger partial charge in [0.05, 0.1) is 11.4 Å². The topological polar surface area (TPSA) is 28.2 Å². The number of nitrogens with one attached hydrogen (secondary N) is 1. The molecule has 3 nitrogen and oxygen atoms in total. The smallest absolute Gasteiger partial charge is 0.0605 e. The lowest BCUT2D eigenvalue weighted by Gasteiger charge is -2.19. The number of aryl methyl sites for hydroxylation is 1. The van der Waals surface area contributed by atoms with E-state index in [9.17, 15) is 0 Å². The van der Waals surface area contributed by atoms with Crippen LogP contribution in [0.15, 0.2) is 18.3 Å². The van der Waals surface area contributed by atoms with E-state index in [-0.39, 0.29) is 0 Å². The number of nitrogens with zero attached hydrogens (tertiary/aromatic N) is 2. The number of hydrogen-bond donors (Lipinski definition) is 1. The molecule has 0 radical (unpaired) electrons. The van der Waals surface area contributed by atoms with Gasteiger partial charge < -0.3 is 10.2 Å². The average molecular weight is 191 g/mol. The summed E-state index contributed by atoms with van der Waals surface area (Å²) in [5, 5.41) is 3.32. The van der Waals surface area contributed by atoms with Crippen LogP contribution in [0, 0.1) is 6.92 Å². The van der Waals surface area contributed by atoms with Crippen LogP contribution in [-0.2, 0) is 0 Å². The summed E-state index contributed by atoms with van der Waals surface area (Å²) in [6, 6.07) is 4.80. The molecule has 1 N–H and O–H groups in total. The predicted molar refractivity (Wildman–Crippen MR) is 58.7 cm³/mol. The number of hydrogen-bond acceptors (Lipinski definition) is 3. The van der Waals surface area contributed by atoms with E-state index < -0.39 is 0 Å². The van der Waals surface area contributed by atoms with Gasteiger partial charge in [0.2, 0.25) is 0 Å².